The summed E-state index contributed by atoms with van der Waals surface area (Å²) in [6, 6.07) is 0.178. The van der Waals surface area contributed by atoms with E-state index in [1.807, 2.05) is 27.7 Å². The predicted molar refractivity (Wildman–Crippen MR) is 55.4 cm³/mol. The molecule has 0 amide bonds. The molecule has 0 unspecified atom stereocenters. The van der Waals surface area contributed by atoms with Gasteiger partial charge in [0, 0.05) is 17.7 Å². The van der Waals surface area contributed by atoms with Gasteiger partial charge in [0.15, 0.2) is 0 Å². The molecule has 0 radical (unpaired) electrons. The Morgan fingerprint density at radius 2 is 1.83 bits per heavy atom. The Balaban J connectivity index is 3.72. The van der Waals surface area contributed by atoms with Crippen LogP contribution in [0.15, 0.2) is 0 Å². The summed E-state index contributed by atoms with van der Waals surface area (Å²) < 4.78 is 0. The zero-order valence-electron chi connectivity index (χ0n) is 8.33. The van der Waals surface area contributed by atoms with Crippen molar-refractivity contribution in [3.05, 3.63) is 0 Å². The van der Waals surface area contributed by atoms with Gasteiger partial charge in [0.25, 0.3) is 0 Å². The standard InChI is InChI=1S/C9H19NOS/c1-6(2)9(11)8(4)12-5-7(3)10/h6-8H,5,10H2,1-4H3/t7-,8-/m0/s1. The number of hydrogen-bond donors (Lipinski definition) is 1. The minimum atomic E-state index is 0.0935. The second-order valence-corrected chi connectivity index (χ2v) is 4.88. The Hall–Kier alpha value is -0.0200. The molecule has 0 saturated carbocycles. The number of rotatable bonds is 5. The van der Waals surface area contributed by atoms with Crippen molar-refractivity contribution < 1.29 is 4.79 Å². The van der Waals surface area contributed by atoms with E-state index < -0.39 is 0 Å². The summed E-state index contributed by atoms with van der Waals surface area (Å²) in [6.45, 7) is 7.78. The van der Waals surface area contributed by atoms with Crippen molar-refractivity contribution in [3.63, 3.8) is 0 Å². The zero-order chi connectivity index (χ0) is 9.72. The first-order valence-corrected chi connectivity index (χ1v) is 5.41. The zero-order valence-corrected chi connectivity index (χ0v) is 9.15. The molecule has 0 bridgehead atoms. The van der Waals surface area contributed by atoms with Gasteiger partial charge < -0.3 is 5.73 Å². The molecule has 0 spiro atoms. The van der Waals surface area contributed by atoms with Crippen molar-refractivity contribution in [2.24, 2.45) is 11.7 Å². The van der Waals surface area contributed by atoms with E-state index in [1.165, 1.54) is 0 Å². The molecule has 0 saturated heterocycles. The van der Waals surface area contributed by atoms with Gasteiger partial charge in [-0.15, -0.1) is 11.8 Å². The molecule has 0 aliphatic heterocycles. The maximum atomic E-state index is 11.4. The third kappa shape index (κ3) is 4.78. The van der Waals surface area contributed by atoms with Crippen LogP contribution in [0.5, 0.6) is 0 Å². The van der Waals surface area contributed by atoms with Crippen LogP contribution in [0.2, 0.25) is 0 Å². The summed E-state index contributed by atoms with van der Waals surface area (Å²) in [4.78, 5) is 11.4. The highest BCUT2D eigenvalue weighted by Gasteiger charge is 2.16. The van der Waals surface area contributed by atoms with Crippen LogP contribution in [-0.2, 0) is 4.79 Å². The minimum absolute atomic E-state index is 0.0935. The molecule has 12 heavy (non-hydrogen) atoms. The molecular formula is C9H19NOS. The molecule has 0 aliphatic carbocycles. The van der Waals surface area contributed by atoms with E-state index in [0.29, 0.717) is 5.78 Å². The van der Waals surface area contributed by atoms with E-state index in [0.717, 1.165) is 5.75 Å². The van der Waals surface area contributed by atoms with Crippen LogP contribution in [0, 0.1) is 5.92 Å². The molecule has 0 aromatic heterocycles. The lowest BCUT2D eigenvalue weighted by Gasteiger charge is -2.13. The van der Waals surface area contributed by atoms with E-state index in [-0.39, 0.29) is 17.2 Å². The predicted octanol–water partition coefficient (Wildman–Crippen LogP) is 1.68. The van der Waals surface area contributed by atoms with Gasteiger partial charge in [0.1, 0.15) is 5.78 Å². The topological polar surface area (TPSA) is 43.1 Å². The van der Waals surface area contributed by atoms with Crippen molar-refractivity contribution in [1.29, 1.82) is 0 Å². The number of nitrogens with two attached hydrogens (primary N) is 1. The molecule has 0 heterocycles. The molecule has 0 fully saturated rings. The quantitative estimate of drug-likeness (QED) is 0.715. The largest absolute Gasteiger partial charge is 0.327 e. The van der Waals surface area contributed by atoms with Gasteiger partial charge >= 0.3 is 0 Å². The molecule has 0 aromatic carbocycles. The van der Waals surface area contributed by atoms with Crippen molar-refractivity contribution in [3.8, 4) is 0 Å². The summed E-state index contributed by atoms with van der Waals surface area (Å²) >= 11 is 1.65. The van der Waals surface area contributed by atoms with E-state index in [2.05, 4.69) is 0 Å². The Kier molecular flexibility index (Phi) is 5.59. The maximum absolute atomic E-state index is 11.4. The molecule has 3 heteroatoms. The van der Waals surface area contributed by atoms with Crippen molar-refractivity contribution in [2.45, 2.75) is 39.0 Å². The van der Waals surface area contributed by atoms with Crippen LogP contribution < -0.4 is 5.73 Å². The highest BCUT2D eigenvalue weighted by Crippen LogP contribution is 2.15. The van der Waals surface area contributed by atoms with E-state index in [4.69, 9.17) is 5.73 Å². The normalized spacial score (nSPS) is 16.2. The van der Waals surface area contributed by atoms with Gasteiger partial charge in [-0.05, 0) is 13.8 Å². The number of Topliss-reactive ketones (excluding diaryl/α,β-unsaturated/α-hetero) is 1. The molecule has 72 valence electrons. The van der Waals surface area contributed by atoms with E-state index in [1.54, 1.807) is 11.8 Å². The summed E-state index contributed by atoms with van der Waals surface area (Å²) in [5.74, 6) is 1.32. The number of carbonyl (C=O) groups is 1. The van der Waals surface area contributed by atoms with Crippen LogP contribution in [-0.4, -0.2) is 22.8 Å². The SMILES string of the molecule is CC(C)C(=O)[C@H](C)SC[C@H](C)N. The lowest BCUT2D eigenvalue weighted by atomic mass is 10.1. The maximum Gasteiger partial charge on any atom is 0.148 e. The first-order valence-electron chi connectivity index (χ1n) is 4.36. The monoisotopic (exact) mass is 189 g/mol. The van der Waals surface area contributed by atoms with Crippen LogP contribution in [0.25, 0.3) is 0 Å². The Morgan fingerprint density at radius 3 is 2.17 bits per heavy atom. The first-order chi connectivity index (χ1) is 5.45. The Bertz CT molecular complexity index is 145. The van der Waals surface area contributed by atoms with Crippen molar-refractivity contribution >= 4 is 17.5 Å². The van der Waals surface area contributed by atoms with Gasteiger partial charge in [0.05, 0.1) is 5.25 Å². The minimum Gasteiger partial charge on any atom is -0.327 e. The average Bonchev–Trinajstić information content (AvgIpc) is 1.98. The van der Waals surface area contributed by atoms with Gasteiger partial charge in [-0.3, -0.25) is 4.79 Å². The molecule has 0 aliphatic rings. The third-order valence-corrected chi connectivity index (χ3v) is 3.03. The second-order valence-electron chi connectivity index (χ2n) is 3.51. The second kappa shape index (κ2) is 5.60. The van der Waals surface area contributed by atoms with Crippen LogP contribution in [0.1, 0.15) is 27.7 Å². The van der Waals surface area contributed by atoms with Crippen molar-refractivity contribution in [1.82, 2.24) is 0 Å². The molecule has 2 atom stereocenters. The van der Waals surface area contributed by atoms with E-state index in [9.17, 15) is 4.79 Å². The van der Waals surface area contributed by atoms with Crippen LogP contribution in [0.4, 0.5) is 0 Å². The molecule has 2 nitrogen and oxygen atoms in total. The molecule has 2 N–H and O–H groups in total. The van der Waals surface area contributed by atoms with Crippen LogP contribution >= 0.6 is 11.8 Å². The highest BCUT2D eigenvalue weighted by atomic mass is 32.2. The van der Waals surface area contributed by atoms with Gasteiger partial charge in [-0.2, -0.15) is 0 Å². The molecule has 0 aromatic rings. The molecular weight excluding hydrogens is 170 g/mol. The number of hydrogen-bond acceptors (Lipinski definition) is 3. The smallest absolute Gasteiger partial charge is 0.148 e. The fraction of sp³-hybridized carbons (Fsp3) is 0.889. The number of ketones is 1. The summed E-state index contributed by atoms with van der Waals surface area (Å²) in [6.07, 6.45) is 0. The van der Waals surface area contributed by atoms with E-state index >= 15 is 0 Å². The Morgan fingerprint density at radius 1 is 1.33 bits per heavy atom. The summed E-state index contributed by atoms with van der Waals surface area (Å²) in [5, 5.41) is 0.0935. The number of thioether (sulfide) groups is 1. The lowest BCUT2D eigenvalue weighted by molar-refractivity contribution is -0.121. The Labute approximate surface area is 79.3 Å². The third-order valence-electron chi connectivity index (χ3n) is 1.58. The lowest BCUT2D eigenvalue weighted by Crippen LogP contribution is -2.24. The fourth-order valence-corrected chi connectivity index (χ4v) is 1.88. The van der Waals surface area contributed by atoms with Gasteiger partial charge in [-0.1, -0.05) is 13.8 Å². The fourth-order valence-electron chi connectivity index (χ4n) is 0.848. The molecule has 0 rings (SSSR count). The highest BCUT2D eigenvalue weighted by molar-refractivity contribution is 8.00. The summed E-state index contributed by atoms with van der Waals surface area (Å²) in [5.41, 5.74) is 5.58. The number of carbonyl (C=O) groups excluding carboxylic acids is 1. The van der Waals surface area contributed by atoms with Gasteiger partial charge in [-0.25, -0.2) is 0 Å². The van der Waals surface area contributed by atoms with Gasteiger partial charge in [0.2, 0.25) is 0 Å². The first kappa shape index (κ1) is 12.0. The van der Waals surface area contributed by atoms with Crippen molar-refractivity contribution in [2.75, 3.05) is 5.75 Å². The average molecular weight is 189 g/mol. The van der Waals surface area contributed by atoms with Crippen LogP contribution in [0.3, 0.4) is 0 Å². The summed E-state index contributed by atoms with van der Waals surface area (Å²) in [7, 11) is 0.